The zero-order chi connectivity index (χ0) is 11.3. The Morgan fingerprint density at radius 1 is 1.47 bits per heavy atom. The summed E-state index contributed by atoms with van der Waals surface area (Å²) in [6.45, 7) is 4.25. The Bertz CT molecular complexity index is 203. The Labute approximate surface area is 91.8 Å². The molecule has 0 amide bonds. The first kappa shape index (κ1) is 12.5. The number of carboxylic acid groups (broad SMARTS) is 1. The zero-order valence-electron chi connectivity index (χ0n) is 9.74. The lowest BCUT2D eigenvalue weighted by Gasteiger charge is -2.34. The SMILES string of the molecule is CCCC1CCC(C)CC1OCC(=O)O. The van der Waals surface area contributed by atoms with Gasteiger partial charge in [0.1, 0.15) is 6.61 Å². The van der Waals surface area contributed by atoms with Gasteiger partial charge in [-0.1, -0.05) is 26.7 Å². The molecule has 1 aliphatic rings. The van der Waals surface area contributed by atoms with Gasteiger partial charge >= 0.3 is 5.97 Å². The highest BCUT2D eigenvalue weighted by Gasteiger charge is 2.28. The molecule has 0 spiro atoms. The molecule has 0 radical (unpaired) electrons. The van der Waals surface area contributed by atoms with Crippen LogP contribution in [-0.4, -0.2) is 23.8 Å². The van der Waals surface area contributed by atoms with E-state index in [-0.39, 0.29) is 12.7 Å². The first-order valence-corrected chi connectivity index (χ1v) is 5.96. The topological polar surface area (TPSA) is 46.5 Å². The fourth-order valence-electron chi connectivity index (χ4n) is 2.47. The van der Waals surface area contributed by atoms with Crippen LogP contribution in [0.1, 0.15) is 46.0 Å². The maximum Gasteiger partial charge on any atom is 0.329 e. The van der Waals surface area contributed by atoms with Crippen LogP contribution in [0.15, 0.2) is 0 Å². The minimum atomic E-state index is -0.858. The van der Waals surface area contributed by atoms with Crippen LogP contribution in [0.3, 0.4) is 0 Å². The van der Waals surface area contributed by atoms with E-state index in [0.29, 0.717) is 11.8 Å². The van der Waals surface area contributed by atoms with Crippen LogP contribution in [-0.2, 0) is 9.53 Å². The van der Waals surface area contributed by atoms with Gasteiger partial charge in [0.25, 0.3) is 0 Å². The monoisotopic (exact) mass is 214 g/mol. The zero-order valence-corrected chi connectivity index (χ0v) is 9.74. The summed E-state index contributed by atoms with van der Waals surface area (Å²) in [7, 11) is 0. The molecule has 3 atom stereocenters. The molecule has 88 valence electrons. The average Bonchev–Trinajstić information content (AvgIpc) is 2.18. The molecule has 0 saturated heterocycles. The van der Waals surface area contributed by atoms with Crippen LogP contribution in [0, 0.1) is 11.8 Å². The van der Waals surface area contributed by atoms with Crippen LogP contribution < -0.4 is 0 Å². The molecule has 0 aliphatic heterocycles. The van der Waals surface area contributed by atoms with Gasteiger partial charge in [0.05, 0.1) is 6.10 Å². The largest absolute Gasteiger partial charge is 0.480 e. The first-order chi connectivity index (χ1) is 7.13. The van der Waals surface area contributed by atoms with Crippen molar-refractivity contribution >= 4 is 5.97 Å². The molecule has 1 saturated carbocycles. The smallest absolute Gasteiger partial charge is 0.329 e. The number of ether oxygens (including phenoxy) is 1. The number of carbonyl (C=O) groups is 1. The summed E-state index contributed by atoms with van der Waals surface area (Å²) >= 11 is 0. The van der Waals surface area contributed by atoms with Crippen LogP contribution in [0.25, 0.3) is 0 Å². The van der Waals surface area contributed by atoms with Gasteiger partial charge in [-0.25, -0.2) is 4.79 Å². The van der Waals surface area contributed by atoms with Crippen LogP contribution >= 0.6 is 0 Å². The molecule has 1 aliphatic carbocycles. The van der Waals surface area contributed by atoms with Crippen molar-refractivity contribution in [3.05, 3.63) is 0 Å². The van der Waals surface area contributed by atoms with E-state index in [4.69, 9.17) is 9.84 Å². The summed E-state index contributed by atoms with van der Waals surface area (Å²) < 4.78 is 5.48. The van der Waals surface area contributed by atoms with Crippen molar-refractivity contribution in [2.75, 3.05) is 6.61 Å². The molecule has 3 heteroatoms. The molecule has 0 bridgehead atoms. The Hall–Kier alpha value is -0.570. The van der Waals surface area contributed by atoms with Crippen molar-refractivity contribution in [1.82, 2.24) is 0 Å². The van der Waals surface area contributed by atoms with Gasteiger partial charge in [-0.15, -0.1) is 0 Å². The molecule has 1 fully saturated rings. The second-order valence-electron chi connectivity index (χ2n) is 4.71. The van der Waals surface area contributed by atoms with Gasteiger partial charge in [-0.3, -0.25) is 0 Å². The van der Waals surface area contributed by atoms with Crippen molar-refractivity contribution in [3.8, 4) is 0 Å². The van der Waals surface area contributed by atoms with E-state index < -0.39 is 5.97 Å². The van der Waals surface area contributed by atoms with E-state index in [9.17, 15) is 4.79 Å². The van der Waals surface area contributed by atoms with Crippen LogP contribution in [0.5, 0.6) is 0 Å². The molecule has 3 nitrogen and oxygen atoms in total. The molecule has 15 heavy (non-hydrogen) atoms. The molecule has 0 aromatic rings. The first-order valence-electron chi connectivity index (χ1n) is 5.96. The number of aliphatic carboxylic acids is 1. The summed E-state index contributed by atoms with van der Waals surface area (Å²) in [4.78, 5) is 10.5. The number of hydrogen-bond donors (Lipinski definition) is 1. The van der Waals surface area contributed by atoms with Crippen molar-refractivity contribution in [3.63, 3.8) is 0 Å². The summed E-state index contributed by atoms with van der Waals surface area (Å²) in [5.41, 5.74) is 0. The van der Waals surface area contributed by atoms with Gasteiger partial charge < -0.3 is 9.84 Å². The molecule has 0 heterocycles. The predicted octanol–water partition coefficient (Wildman–Crippen LogP) is 2.69. The molecule has 1 N–H and O–H groups in total. The highest BCUT2D eigenvalue weighted by atomic mass is 16.5. The summed E-state index contributed by atoms with van der Waals surface area (Å²) in [5, 5.41) is 8.60. The molecule has 3 unspecified atom stereocenters. The third kappa shape index (κ3) is 4.20. The van der Waals surface area contributed by atoms with Crippen LogP contribution in [0.4, 0.5) is 0 Å². The van der Waals surface area contributed by atoms with Gasteiger partial charge in [0.2, 0.25) is 0 Å². The Morgan fingerprint density at radius 3 is 2.80 bits per heavy atom. The third-order valence-corrected chi connectivity index (χ3v) is 3.27. The third-order valence-electron chi connectivity index (χ3n) is 3.27. The fourth-order valence-corrected chi connectivity index (χ4v) is 2.47. The lowest BCUT2D eigenvalue weighted by molar-refractivity contribution is -0.147. The van der Waals surface area contributed by atoms with E-state index in [1.165, 1.54) is 12.8 Å². The van der Waals surface area contributed by atoms with Gasteiger partial charge in [0.15, 0.2) is 0 Å². The lowest BCUT2D eigenvalue weighted by Crippen LogP contribution is -2.32. The molecule has 0 aromatic heterocycles. The van der Waals surface area contributed by atoms with Gasteiger partial charge in [-0.2, -0.15) is 0 Å². The Morgan fingerprint density at radius 2 is 2.20 bits per heavy atom. The Balaban J connectivity index is 2.42. The van der Waals surface area contributed by atoms with Crippen molar-refractivity contribution in [1.29, 1.82) is 0 Å². The molecular weight excluding hydrogens is 192 g/mol. The molecule has 0 aromatic carbocycles. The predicted molar refractivity (Wildman–Crippen MR) is 58.8 cm³/mol. The summed E-state index contributed by atoms with van der Waals surface area (Å²) in [6, 6.07) is 0. The quantitative estimate of drug-likeness (QED) is 0.765. The van der Waals surface area contributed by atoms with E-state index in [1.807, 2.05) is 0 Å². The second kappa shape index (κ2) is 6.11. The number of rotatable bonds is 5. The van der Waals surface area contributed by atoms with E-state index in [0.717, 1.165) is 19.3 Å². The summed E-state index contributed by atoms with van der Waals surface area (Å²) in [5.74, 6) is 0.394. The van der Waals surface area contributed by atoms with Gasteiger partial charge in [-0.05, 0) is 31.1 Å². The van der Waals surface area contributed by atoms with Crippen molar-refractivity contribution in [2.45, 2.75) is 52.1 Å². The number of carboxylic acids is 1. The highest BCUT2D eigenvalue weighted by Crippen LogP contribution is 2.33. The minimum Gasteiger partial charge on any atom is -0.480 e. The number of hydrogen-bond acceptors (Lipinski definition) is 2. The van der Waals surface area contributed by atoms with E-state index >= 15 is 0 Å². The second-order valence-corrected chi connectivity index (χ2v) is 4.71. The standard InChI is InChI=1S/C12H22O3/c1-3-4-10-6-5-9(2)7-11(10)15-8-12(13)14/h9-11H,3-8H2,1-2H3,(H,13,14). The van der Waals surface area contributed by atoms with Crippen LogP contribution in [0.2, 0.25) is 0 Å². The average molecular weight is 214 g/mol. The molecular formula is C12H22O3. The summed E-state index contributed by atoms with van der Waals surface area (Å²) in [6.07, 6.45) is 5.97. The van der Waals surface area contributed by atoms with Crippen molar-refractivity contribution in [2.24, 2.45) is 11.8 Å². The van der Waals surface area contributed by atoms with E-state index in [1.54, 1.807) is 0 Å². The fraction of sp³-hybridized carbons (Fsp3) is 0.917. The molecule has 1 rings (SSSR count). The lowest BCUT2D eigenvalue weighted by atomic mass is 9.78. The minimum absolute atomic E-state index is 0.141. The Kier molecular flexibility index (Phi) is 5.09. The normalized spacial score (nSPS) is 31.5. The highest BCUT2D eigenvalue weighted by molar-refractivity contribution is 5.68. The van der Waals surface area contributed by atoms with Crippen molar-refractivity contribution < 1.29 is 14.6 Å². The maximum absolute atomic E-state index is 10.5. The van der Waals surface area contributed by atoms with E-state index in [2.05, 4.69) is 13.8 Å². The van der Waals surface area contributed by atoms with Gasteiger partial charge in [0, 0.05) is 0 Å². The maximum atomic E-state index is 10.5.